The van der Waals surface area contributed by atoms with Crippen LogP contribution >= 0.6 is 11.6 Å². The Balaban J connectivity index is 1.78. The third-order valence-corrected chi connectivity index (χ3v) is 6.69. The number of hydrogen-bond donors (Lipinski definition) is 4. The molecule has 1 saturated carbocycles. The minimum atomic E-state index is -1.05. The van der Waals surface area contributed by atoms with Gasteiger partial charge in [0.25, 0.3) is 5.91 Å². The van der Waals surface area contributed by atoms with Gasteiger partial charge in [0, 0.05) is 10.7 Å². The molecule has 1 aliphatic carbocycles. The monoisotopic (exact) mass is 471 g/mol. The summed E-state index contributed by atoms with van der Waals surface area (Å²) in [6, 6.07) is 6.73. The number of urea groups is 1. The molecule has 0 aliphatic heterocycles. The molecule has 8 heteroatoms. The van der Waals surface area contributed by atoms with Gasteiger partial charge in [0.1, 0.15) is 6.04 Å². The molecule has 2 aromatic carbocycles. The van der Waals surface area contributed by atoms with Gasteiger partial charge in [-0.3, -0.25) is 4.79 Å². The van der Waals surface area contributed by atoms with Crippen molar-refractivity contribution in [3.8, 4) is 0 Å². The number of carbonyl (C=O) groups is 3. The predicted molar refractivity (Wildman–Crippen MR) is 130 cm³/mol. The van der Waals surface area contributed by atoms with Crippen LogP contribution in [0.15, 0.2) is 30.3 Å². The number of anilines is 2. The highest BCUT2D eigenvalue weighted by Crippen LogP contribution is 2.28. The summed E-state index contributed by atoms with van der Waals surface area (Å²) in [5.41, 5.74) is 4.16. The van der Waals surface area contributed by atoms with E-state index in [1.54, 1.807) is 0 Å². The van der Waals surface area contributed by atoms with Crippen molar-refractivity contribution in [1.82, 2.24) is 5.32 Å². The van der Waals surface area contributed by atoms with E-state index in [2.05, 4.69) is 16.0 Å². The van der Waals surface area contributed by atoms with E-state index in [-0.39, 0.29) is 17.2 Å². The topological polar surface area (TPSA) is 108 Å². The third kappa shape index (κ3) is 6.05. The largest absolute Gasteiger partial charge is 0.480 e. The molecule has 176 valence electrons. The van der Waals surface area contributed by atoms with Crippen molar-refractivity contribution < 1.29 is 19.5 Å². The van der Waals surface area contributed by atoms with Crippen LogP contribution in [0, 0.1) is 26.7 Å². The Morgan fingerprint density at radius 1 is 0.939 bits per heavy atom. The lowest BCUT2D eigenvalue weighted by atomic mass is 9.84. The standard InChI is InChI=1S/C25H30ClN3O4/c1-14-9-12-20(16(3)15(14)2)27-25(33)28-21-13-18(26)10-11-19(21)23(30)29-22(24(31)32)17-7-5-4-6-8-17/h9-13,17,22H,4-8H2,1-3H3,(H,29,30)(H,31,32)(H2,27,28,33)/t22-/m0/s1. The molecule has 33 heavy (non-hydrogen) atoms. The average molecular weight is 472 g/mol. The molecule has 7 nitrogen and oxygen atoms in total. The SMILES string of the molecule is Cc1ccc(NC(=O)Nc2cc(Cl)ccc2C(=O)N[C@H](C(=O)O)C2CCCCC2)c(C)c1C. The first-order valence-corrected chi connectivity index (χ1v) is 11.5. The van der Waals surface area contributed by atoms with E-state index >= 15 is 0 Å². The minimum Gasteiger partial charge on any atom is -0.480 e. The van der Waals surface area contributed by atoms with Crippen LogP contribution in [-0.4, -0.2) is 29.1 Å². The highest BCUT2D eigenvalue weighted by atomic mass is 35.5. The molecule has 0 radical (unpaired) electrons. The molecule has 0 aromatic heterocycles. The van der Waals surface area contributed by atoms with Crippen molar-refractivity contribution in [2.75, 3.05) is 10.6 Å². The van der Waals surface area contributed by atoms with Crippen LogP contribution in [-0.2, 0) is 4.79 Å². The molecular formula is C25H30ClN3O4. The number of nitrogens with one attached hydrogen (secondary N) is 3. The van der Waals surface area contributed by atoms with Gasteiger partial charge in [0.05, 0.1) is 11.3 Å². The number of benzene rings is 2. The zero-order valence-corrected chi connectivity index (χ0v) is 19.9. The molecule has 2 aromatic rings. The van der Waals surface area contributed by atoms with Crippen LogP contribution in [0.1, 0.15) is 59.2 Å². The first-order valence-electron chi connectivity index (χ1n) is 11.2. The van der Waals surface area contributed by atoms with Crippen LogP contribution in [0.2, 0.25) is 5.02 Å². The van der Waals surface area contributed by atoms with Crippen molar-refractivity contribution in [1.29, 1.82) is 0 Å². The van der Waals surface area contributed by atoms with Gasteiger partial charge in [-0.05, 0) is 80.5 Å². The summed E-state index contributed by atoms with van der Waals surface area (Å²) in [4.78, 5) is 37.6. The van der Waals surface area contributed by atoms with Crippen LogP contribution in [0.3, 0.4) is 0 Å². The quantitative estimate of drug-likeness (QED) is 0.435. The molecule has 1 atom stereocenters. The summed E-state index contributed by atoms with van der Waals surface area (Å²) in [5.74, 6) is -1.73. The third-order valence-electron chi connectivity index (χ3n) is 6.45. The Bertz CT molecular complexity index is 1060. The van der Waals surface area contributed by atoms with Gasteiger partial charge in [0.15, 0.2) is 0 Å². The lowest BCUT2D eigenvalue weighted by molar-refractivity contribution is -0.141. The molecule has 0 unspecified atom stereocenters. The van der Waals surface area contributed by atoms with Crippen molar-refractivity contribution in [3.05, 3.63) is 57.6 Å². The molecular weight excluding hydrogens is 442 g/mol. The fourth-order valence-corrected chi connectivity index (χ4v) is 4.43. The first kappa shape index (κ1) is 24.6. The number of amides is 3. The zero-order valence-electron chi connectivity index (χ0n) is 19.1. The van der Waals surface area contributed by atoms with Crippen molar-refractivity contribution >= 4 is 40.9 Å². The number of carboxylic acid groups (broad SMARTS) is 1. The van der Waals surface area contributed by atoms with E-state index in [4.69, 9.17) is 11.6 Å². The second-order valence-corrected chi connectivity index (χ2v) is 9.07. The van der Waals surface area contributed by atoms with E-state index in [0.29, 0.717) is 10.7 Å². The number of halogens is 1. The van der Waals surface area contributed by atoms with Crippen LogP contribution < -0.4 is 16.0 Å². The van der Waals surface area contributed by atoms with E-state index in [9.17, 15) is 19.5 Å². The van der Waals surface area contributed by atoms with Gasteiger partial charge in [0.2, 0.25) is 0 Å². The van der Waals surface area contributed by atoms with Crippen LogP contribution in [0.25, 0.3) is 0 Å². The second kappa shape index (κ2) is 10.7. The van der Waals surface area contributed by atoms with Crippen molar-refractivity contribution in [3.63, 3.8) is 0 Å². The number of aliphatic carboxylic acids is 1. The average Bonchev–Trinajstić information content (AvgIpc) is 2.78. The maximum absolute atomic E-state index is 13.0. The highest BCUT2D eigenvalue weighted by Gasteiger charge is 2.31. The van der Waals surface area contributed by atoms with Crippen LogP contribution in [0.4, 0.5) is 16.2 Å². The molecule has 0 saturated heterocycles. The maximum Gasteiger partial charge on any atom is 0.326 e. The fraction of sp³-hybridized carbons (Fsp3) is 0.400. The summed E-state index contributed by atoms with van der Waals surface area (Å²) in [6.45, 7) is 5.91. The molecule has 0 bridgehead atoms. The molecule has 1 fully saturated rings. The predicted octanol–water partition coefficient (Wildman–Crippen LogP) is 5.67. The molecule has 3 amide bonds. The Labute approximate surface area is 198 Å². The number of hydrogen-bond acceptors (Lipinski definition) is 3. The van der Waals surface area contributed by atoms with Gasteiger partial charge >= 0.3 is 12.0 Å². The normalized spacial score (nSPS) is 14.9. The van der Waals surface area contributed by atoms with E-state index in [0.717, 1.165) is 48.8 Å². The van der Waals surface area contributed by atoms with Crippen molar-refractivity contribution in [2.24, 2.45) is 5.92 Å². The zero-order chi connectivity index (χ0) is 24.1. The van der Waals surface area contributed by atoms with Gasteiger partial charge in [-0.1, -0.05) is 36.9 Å². The summed E-state index contributed by atoms with van der Waals surface area (Å²) in [7, 11) is 0. The van der Waals surface area contributed by atoms with Crippen molar-refractivity contribution in [2.45, 2.75) is 58.9 Å². The smallest absolute Gasteiger partial charge is 0.326 e. The van der Waals surface area contributed by atoms with Gasteiger partial charge in [-0.25, -0.2) is 9.59 Å². The molecule has 4 N–H and O–H groups in total. The summed E-state index contributed by atoms with van der Waals surface area (Å²) in [5, 5.41) is 18.2. The molecule has 1 aliphatic rings. The van der Waals surface area contributed by atoms with Gasteiger partial charge in [-0.15, -0.1) is 0 Å². The Hall–Kier alpha value is -3.06. The minimum absolute atomic E-state index is 0.111. The molecule has 0 spiro atoms. The first-order chi connectivity index (χ1) is 15.7. The van der Waals surface area contributed by atoms with Gasteiger partial charge in [-0.2, -0.15) is 0 Å². The summed E-state index contributed by atoms with van der Waals surface area (Å²) >= 11 is 6.11. The highest BCUT2D eigenvalue weighted by molar-refractivity contribution is 6.31. The molecule has 3 rings (SSSR count). The Morgan fingerprint density at radius 3 is 2.27 bits per heavy atom. The lowest BCUT2D eigenvalue weighted by Crippen LogP contribution is -2.46. The van der Waals surface area contributed by atoms with E-state index in [1.165, 1.54) is 18.2 Å². The number of carbonyl (C=O) groups excluding carboxylic acids is 2. The molecule has 0 heterocycles. The summed E-state index contributed by atoms with van der Waals surface area (Å²) < 4.78 is 0. The number of aryl methyl sites for hydroxylation is 1. The van der Waals surface area contributed by atoms with E-state index < -0.39 is 23.9 Å². The summed E-state index contributed by atoms with van der Waals surface area (Å²) in [6.07, 6.45) is 4.52. The van der Waals surface area contributed by atoms with Crippen LogP contribution in [0.5, 0.6) is 0 Å². The lowest BCUT2D eigenvalue weighted by Gasteiger charge is -2.28. The van der Waals surface area contributed by atoms with Gasteiger partial charge < -0.3 is 21.1 Å². The number of carboxylic acids is 1. The Kier molecular flexibility index (Phi) is 7.97. The maximum atomic E-state index is 13.0. The van der Waals surface area contributed by atoms with E-state index in [1.807, 2.05) is 32.9 Å². The Morgan fingerprint density at radius 2 is 1.61 bits per heavy atom. The fourth-order valence-electron chi connectivity index (χ4n) is 4.25. The number of rotatable bonds is 6. The second-order valence-electron chi connectivity index (χ2n) is 8.64.